The van der Waals surface area contributed by atoms with Gasteiger partial charge < -0.3 is 20.6 Å². The monoisotopic (exact) mass is 277 g/mol. The number of amides is 1. The van der Waals surface area contributed by atoms with Gasteiger partial charge in [0.05, 0.1) is 6.61 Å². The number of nitrogens with zero attached hydrogens (tertiary/aromatic N) is 1. The molecule has 2 rings (SSSR count). The normalized spacial score (nSPS) is 22.8. The third kappa shape index (κ3) is 3.71. The quantitative estimate of drug-likeness (QED) is 0.748. The van der Waals surface area contributed by atoms with Crippen molar-refractivity contribution in [2.24, 2.45) is 0 Å². The van der Waals surface area contributed by atoms with E-state index in [2.05, 4.69) is 29.5 Å². The fourth-order valence-electron chi connectivity index (χ4n) is 2.52. The Morgan fingerprint density at radius 3 is 2.65 bits per heavy atom. The van der Waals surface area contributed by atoms with Crippen LogP contribution in [0.15, 0.2) is 24.3 Å². The molecule has 1 aliphatic rings. The Kier molecular flexibility index (Phi) is 4.98. The van der Waals surface area contributed by atoms with Gasteiger partial charge in [-0.15, -0.1) is 0 Å². The largest absolute Gasteiger partial charge is 0.395 e. The number of rotatable bonds is 5. The molecule has 0 radical (unpaired) electrons. The molecule has 2 unspecified atom stereocenters. The molecule has 0 aromatic heterocycles. The van der Waals surface area contributed by atoms with E-state index < -0.39 is 0 Å². The molecule has 3 N–H and O–H groups in total. The summed E-state index contributed by atoms with van der Waals surface area (Å²) < 4.78 is 0. The Hall–Kier alpha value is -1.59. The van der Waals surface area contributed by atoms with E-state index in [1.165, 1.54) is 0 Å². The lowest BCUT2D eigenvalue weighted by Gasteiger charge is -2.14. The second kappa shape index (κ2) is 6.72. The van der Waals surface area contributed by atoms with Crippen molar-refractivity contribution in [3.05, 3.63) is 29.8 Å². The van der Waals surface area contributed by atoms with Crippen LogP contribution < -0.4 is 10.6 Å². The summed E-state index contributed by atoms with van der Waals surface area (Å²) in [5.41, 5.74) is 1.65. The molecular weight excluding hydrogens is 254 g/mol. The number of carbonyl (C=O) groups is 1. The zero-order valence-corrected chi connectivity index (χ0v) is 12.1. The molecule has 0 aliphatic carbocycles. The van der Waals surface area contributed by atoms with Gasteiger partial charge in [0.2, 0.25) is 0 Å². The smallest absolute Gasteiger partial charge is 0.251 e. The minimum absolute atomic E-state index is 0.0429. The number of hydrogen-bond acceptors (Lipinski definition) is 4. The first-order valence-electron chi connectivity index (χ1n) is 7.06. The van der Waals surface area contributed by atoms with Crippen molar-refractivity contribution in [3.63, 3.8) is 0 Å². The third-order valence-corrected chi connectivity index (χ3v) is 3.80. The van der Waals surface area contributed by atoms with Gasteiger partial charge in [-0.1, -0.05) is 0 Å². The summed E-state index contributed by atoms with van der Waals surface area (Å²) in [4.78, 5) is 14.0. The van der Waals surface area contributed by atoms with E-state index in [4.69, 9.17) is 5.11 Å². The molecule has 5 heteroatoms. The van der Waals surface area contributed by atoms with Crippen LogP contribution in [-0.2, 0) is 0 Å². The number of aliphatic hydroxyl groups excluding tert-OH is 1. The average molecular weight is 277 g/mol. The van der Waals surface area contributed by atoms with E-state index >= 15 is 0 Å². The SMILES string of the molecule is CC1CC(Nc2ccc(C(=O)NCCO)cc2)CN1C. The summed E-state index contributed by atoms with van der Waals surface area (Å²) in [7, 11) is 2.14. The van der Waals surface area contributed by atoms with Crippen LogP contribution in [0.4, 0.5) is 5.69 Å². The highest BCUT2D eigenvalue weighted by Crippen LogP contribution is 2.19. The third-order valence-electron chi connectivity index (χ3n) is 3.80. The highest BCUT2D eigenvalue weighted by atomic mass is 16.3. The number of carbonyl (C=O) groups excluding carboxylic acids is 1. The highest BCUT2D eigenvalue weighted by molar-refractivity contribution is 5.94. The highest BCUT2D eigenvalue weighted by Gasteiger charge is 2.25. The van der Waals surface area contributed by atoms with Crippen molar-refractivity contribution >= 4 is 11.6 Å². The van der Waals surface area contributed by atoms with Gasteiger partial charge in [0.1, 0.15) is 0 Å². The minimum Gasteiger partial charge on any atom is -0.395 e. The van der Waals surface area contributed by atoms with Crippen molar-refractivity contribution in [3.8, 4) is 0 Å². The maximum absolute atomic E-state index is 11.7. The maximum Gasteiger partial charge on any atom is 0.251 e. The van der Waals surface area contributed by atoms with Gasteiger partial charge in [-0.3, -0.25) is 4.79 Å². The lowest BCUT2D eigenvalue weighted by atomic mass is 10.1. The predicted molar refractivity (Wildman–Crippen MR) is 80.0 cm³/mol. The van der Waals surface area contributed by atoms with Crippen molar-refractivity contribution in [1.29, 1.82) is 0 Å². The fourth-order valence-corrected chi connectivity index (χ4v) is 2.52. The number of nitrogens with one attached hydrogen (secondary N) is 2. The maximum atomic E-state index is 11.7. The van der Waals surface area contributed by atoms with Crippen molar-refractivity contribution in [2.45, 2.75) is 25.4 Å². The van der Waals surface area contributed by atoms with Gasteiger partial charge >= 0.3 is 0 Å². The topological polar surface area (TPSA) is 64.6 Å². The van der Waals surface area contributed by atoms with E-state index in [1.54, 1.807) is 12.1 Å². The van der Waals surface area contributed by atoms with E-state index in [1.807, 2.05) is 12.1 Å². The summed E-state index contributed by atoms with van der Waals surface area (Å²) in [6, 6.07) is 8.53. The van der Waals surface area contributed by atoms with E-state index in [9.17, 15) is 4.79 Å². The molecule has 1 heterocycles. The summed E-state index contributed by atoms with van der Waals surface area (Å²) in [5, 5.41) is 14.8. The molecule has 1 aliphatic heterocycles. The van der Waals surface area contributed by atoms with E-state index in [-0.39, 0.29) is 19.1 Å². The van der Waals surface area contributed by atoms with Gasteiger partial charge in [0.25, 0.3) is 5.91 Å². The van der Waals surface area contributed by atoms with Gasteiger partial charge in [0, 0.05) is 36.4 Å². The average Bonchev–Trinajstić information content (AvgIpc) is 2.75. The molecule has 5 nitrogen and oxygen atoms in total. The molecule has 1 amide bonds. The van der Waals surface area contributed by atoms with Crippen LogP contribution in [0.3, 0.4) is 0 Å². The Labute approximate surface area is 120 Å². The predicted octanol–water partition coefficient (Wildman–Crippen LogP) is 0.913. The first-order chi connectivity index (χ1) is 9.60. The first-order valence-corrected chi connectivity index (χ1v) is 7.06. The van der Waals surface area contributed by atoms with Crippen LogP contribution >= 0.6 is 0 Å². The number of hydrogen-bond donors (Lipinski definition) is 3. The van der Waals surface area contributed by atoms with Gasteiger partial charge in [0.15, 0.2) is 0 Å². The zero-order valence-electron chi connectivity index (χ0n) is 12.1. The van der Waals surface area contributed by atoms with Crippen molar-refractivity contribution < 1.29 is 9.90 Å². The van der Waals surface area contributed by atoms with Crippen LogP contribution in [0.1, 0.15) is 23.7 Å². The fraction of sp³-hybridized carbons (Fsp3) is 0.533. The minimum atomic E-state index is -0.153. The Bertz CT molecular complexity index is 437. The molecule has 110 valence electrons. The molecule has 1 saturated heterocycles. The zero-order chi connectivity index (χ0) is 14.5. The molecule has 20 heavy (non-hydrogen) atoms. The Morgan fingerprint density at radius 2 is 2.10 bits per heavy atom. The Morgan fingerprint density at radius 1 is 1.40 bits per heavy atom. The van der Waals surface area contributed by atoms with Crippen LogP contribution in [-0.4, -0.2) is 54.7 Å². The lowest BCUT2D eigenvalue weighted by Crippen LogP contribution is -2.26. The standard InChI is InChI=1S/C15H23N3O2/c1-11-9-14(10-18(11)2)17-13-5-3-12(4-6-13)15(20)16-7-8-19/h3-6,11,14,17,19H,7-10H2,1-2H3,(H,16,20). The van der Waals surface area contributed by atoms with Gasteiger partial charge in [-0.05, 0) is 44.7 Å². The summed E-state index contributed by atoms with van der Waals surface area (Å²) in [6.07, 6.45) is 1.13. The molecule has 0 bridgehead atoms. The lowest BCUT2D eigenvalue weighted by molar-refractivity contribution is 0.0945. The first kappa shape index (κ1) is 14.8. The van der Waals surface area contributed by atoms with E-state index in [0.29, 0.717) is 17.6 Å². The van der Waals surface area contributed by atoms with Crippen molar-refractivity contribution in [1.82, 2.24) is 10.2 Å². The summed E-state index contributed by atoms with van der Waals surface area (Å²) in [5.74, 6) is -0.153. The number of likely N-dealkylation sites (tertiary alicyclic amines) is 1. The van der Waals surface area contributed by atoms with Crippen LogP contribution in [0.25, 0.3) is 0 Å². The molecule has 2 atom stereocenters. The molecule has 1 aromatic carbocycles. The number of likely N-dealkylation sites (N-methyl/N-ethyl adjacent to an activating group) is 1. The number of anilines is 1. The van der Waals surface area contributed by atoms with Crippen LogP contribution in [0.2, 0.25) is 0 Å². The van der Waals surface area contributed by atoms with E-state index in [0.717, 1.165) is 18.7 Å². The molecule has 0 spiro atoms. The Balaban J connectivity index is 1.90. The second-order valence-corrected chi connectivity index (χ2v) is 5.42. The van der Waals surface area contributed by atoms with Gasteiger partial charge in [-0.25, -0.2) is 0 Å². The van der Waals surface area contributed by atoms with Gasteiger partial charge in [-0.2, -0.15) is 0 Å². The van der Waals surface area contributed by atoms with Crippen LogP contribution in [0.5, 0.6) is 0 Å². The summed E-state index contributed by atoms with van der Waals surface area (Å²) >= 11 is 0. The van der Waals surface area contributed by atoms with Crippen LogP contribution in [0, 0.1) is 0 Å². The number of benzene rings is 1. The van der Waals surface area contributed by atoms with Crippen molar-refractivity contribution in [2.75, 3.05) is 32.1 Å². The summed E-state index contributed by atoms with van der Waals surface area (Å²) in [6.45, 7) is 3.51. The molecule has 0 saturated carbocycles. The number of aliphatic hydroxyl groups is 1. The molecule has 1 fully saturated rings. The molecule has 1 aromatic rings. The second-order valence-electron chi connectivity index (χ2n) is 5.42. The molecular formula is C15H23N3O2.